The summed E-state index contributed by atoms with van der Waals surface area (Å²) < 4.78 is 45.1. The van der Waals surface area contributed by atoms with Crippen LogP contribution in [0.25, 0.3) is 0 Å². The van der Waals surface area contributed by atoms with Gasteiger partial charge in [0.05, 0.1) is 17.7 Å². The van der Waals surface area contributed by atoms with Crippen molar-refractivity contribution in [3.63, 3.8) is 0 Å². The molecule has 2 unspecified atom stereocenters. The Balaban J connectivity index is 2.14. The third kappa shape index (κ3) is 5.08. The molecule has 4 nitrogen and oxygen atoms in total. The second kappa shape index (κ2) is 8.72. The molecule has 0 fully saturated rings. The highest BCUT2D eigenvalue weighted by Crippen LogP contribution is 2.41. The van der Waals surface area contributed by atoms with Crippen molar-refractivity contribution >= 4 is 5.97 Å². The van der Waals surface area contributed by atoms with Gasteiger partial charge in [0.2, 0.25) is 0 Å². The molecule has 2 atom stereocenters. The van der Waals surface area contributed by atoms with Crippen LogP contribution in [0.3, 0.4) is 0 Å². The first kappa shape index (κ1) is 22.8. The number of carboxylic acids is 1. The van der Waals surface area contributed by atoms with Crippen LogP contribution in [0.15, 0.2) is 30.3 Å². The van der Waals surface area contributed by atoms with Crippen LogP contribution in [0, 0.1) is 23.0 Å². The Hall–Kier alpha value is -2.85. The summed E-state index contributed by atoms with van der Waals surface area (Å²) in [6.07, 6.45) is 0.297. The van der Waals surface area contributed by atoms with Crippen LogP contribution < -0.4 is 0 Å². The smallest absolute Gasteiger partial charge is 0.303 e. The van der Waals surface area contributed by atoms with E-state index < -0.39 is 29.3 Å². The Bertz CT molecular complexity index is 1020. The van der Waals surface area contributed by atoms with Crippen LogP contribution in [-0.2, 0) is 17.6 Å². The molecule has 0 saturated carbocycles. The number of aliphatic carboxylic acids is 1. The standard InChI is InChI=1S/C24H25F3N2O2/c1-14-8-17-9-16(12-28)4-6-18(17)23(29(14)13-24(2,3)27)22-19(25)10-15(11-20(22)26)5-7-21(30)31/h4,6,9-11,14,23H,5,7-8,13H2,1-3H3,(H,30,31). The number of fused-ring (bicyclic) bond motifs is 1. The normalized spacial score (nSPS) is 19.0. The largest absolute Gasteiger partial charge is 0.481 e. The molecule has 2 aromatic rings. The van der Waals surface area contributed by atoms with E-state index in [1.807, 2.05) is 6.92 Å². The van der Waals surface area contributed by atoms with Gasteiger partial charge in [0.1, 0.15) is 17.3 Å². The van der Waals surface area contributed by atoms with Gasteiger partial charge in [-0.05, 0) is 74.6 Å². The lowest BCUT2D eigenvalue weighted by Crippen LogP contribution is -2.48. The van der Waals surface area contributed by atoms with E-state index in [-0.39, 0.29) is 36.6 Å². The summed E-state index contributed by atoms with van der Waals surface area (Å²) in [7, 11) is 0. The van der Waals surface area contributed by atoms with E-state index in [9.17, 15) is 14.4 Å². The number of rotatable bonds is 6. The van der Waals surface area contributed by atoms with Gasteiger partial charge >= 0.3 is 5.97 Å². The van der Waals surface area contributed by atoms with Gasteiger partial charge in [-0.25, -0.2) is 13.2 Å². The van der Waals surface area contributed by atoms with Gasteiger partial charge in [-0.15, -0.1) is 0 Å². The molecular formula is C24H25F3N2O2. The fraction of sp³-hybridized carbons (Fsp3) is 0.417. The predicted molar refractivity (Wildman–Crippen MR) is 110 cm³/mol. The lowest BCUT2D eigenvalue weighted by atomic mass is 9.83. The van der Waals surface area contributed by atoms with E-state index >= 15 is 8.78 Å². The van der Waals surface area contributed by atoms with Crippen LogP contribution in [-0.4, -0.2) is 34.2 Å². The molecule has 0 radical (unpaired) electrons. The molecule has 2 aromatic carbocycles. The number of benzene rings is 2. The quantitative estimate of drug-likeness (QED) is 0.705. The van der Waals surface area contributed by atoms with Crippen molar-refractivity contribution in [1.82, 2.24) is 4.90 Å². The van der Waals surface area contributed by atoms with E-state index in [2.05, 4.69) is 6.07 Å². The summed E-state index contributed by atoms with van der Waals surface area (Å²) in [5, 5.41) is 18.1. The van der Waals surface area contributed by atoms with Crippen LogP contribution in [0.2, 0.25) is 0 Å². The van der Waals surface area contributed by atoms with Crippen LogP contribution in [0.1, 0.15) is 61.1 Å². The minimum Gasteiger partial charge on any atom is -0.481 e. The first-order valence-corrected chi connectivity index (χ1v) is 10.2. The molecule has 1 aliphatic heterocycles. The summed E-state index contributed by atoms with van der Waals surface area (Å²) in [5.74, 6) is -2.64. The van der Waals surface area contributed by atoms with Crippen LogP contribution >= 0.6 is 0 Å². The maximum atomic E-state index is 15.2. The number of halogens is 3. The molecule has 164 valence electrons. The number of hydrogen-bond donors (Lipinski definition) is 1. The van der Waals surface area contributed by atoms with Crippen molar-refractivity contribution < 1.29 is 23.1 Å². The molecule has 1 N–H and O–H groups in total. The van der Waals surface area contributed by atoms with Gasteiger partial charge < -0.3 is 5.11 Å². The fourth-order valence-corrected chi connectivity index (χ4v) is 4.28. The highest BCUT2D eigenvalue weighted by molar-refractivity contribution is 5.67. The summed E-state index contributed by atoms with van der Waals surface area (Å²) in [4.78, 5) is 12.6. The molecule has 3 rings (SSSR count). The van der Waals surface area contributed by atoms with Crippen molar-refractivity contribution in [1.29, 1.82) is 5.26 Å². The summed E-state index contributed by atoms with van der Waals surface area (Å²) in [6.45, 7) is 4.69. The molecule has 0 aromatic heterocycles. The van der Waals surface area contributed by atoms with Crippen LogP contribution in [0.4, 0.5) is 13.2 Å². The van der Waals surface area contributed by atoms with E-state index in [4.69, 9.17) is 5.11 Å². The number of carboxylic acid groups (broad SMARTS) is 1. The molecule has 31 heavy (non-hydrogen) atoms. The van der Waals surface area contributed by atoms with Crippen molar-refractivity contribution in [2.24, 2.45) is 0 Å². The zero-order valence-electron chi connectivity index (χ0n) is 17.8. The van der Waals surface area contributed by atoms with Gasteiger partial charge in [0.15, 0.2) is 0 Å². The molecule has 0 saturated heterocycles. The minimum atomic E-state index is -1.59. The minimum absolute atomic E-state index is 0.00780. The molecule has 1 aliphatic rings. The highest BCUT2D eigenvalue weighted by Gasteiger charge is 2.39. The van der Waals surface area contributed by atoms with E-state index in [1.165, 1.54) is 13.8 Å². The summed E-state index contributed by atoms with van der Waals surface area (Å²) in [6, 6.07) is 8.30. The Morgan fingerprint density at radius 1 is 1.26 bits per heavy atom. The third-order valence-corrected chi connectivity index (χ3v) is 5.58. The lowest BCUT2D eigenvalue weighted by Gasteiger charge is -2.44. The summed E-state index contributed by atoms with van der Waals surface area (Å²) >= 11 is 0. The van der Waals surface area contributed by atoms with E-state index in [0.29, 0.717) is 17.5 Å². The van der Waals surface area contributed by atoms with Gasteiger partial charge in [0.25, 0.3) is 0 Å². The summed E-state index contributed by atoms with van der Waals surface area (Å²) in [5.41, 5.74) is 0.359. The van der Waals surface area contributed by atoms with Crippen molar-refractivity contribution in [2.75, 3.05) is 6.54 Å². The zero-order chi connectivity index (χ0) is 22.9. The first-order chi connectivity index (χ1) is 14.5. The maximum Gasteiger partial charge on any atom is 0.303 e. The van der Waals surface area contributed by atoms with E-state index in [1.54, 1.807) is 23.1 Å². The Morgan fingerprint density at radius 2 is 1.90 bits per heavy atom. The third-order valence-electron chi connectivity index (χ3n) is 5.58. The van der Waals surface area contributed by atoms with Gasteiger partial charge in [-0.2, -0.15) is 5.26 Å². The SMILES string of the molecule is CC1Cc2cc(C#N)ccc2C(c2c(F)cc(CCC(=O)O)cc2F)N1CC(C)(C)F. The number of carbonyl (C=O) groups is 1. The molecular weight excluding hydrogens is 405 g/mol. The lowest BCUT2D eigenvalue weighted by molar-refractivity contribution is -0.136. The van der Waals surface area contributed by atoms with Crippen molar-refractivity contribution in [3.05, 3.63) is 69.8 Å². The number of aryl methyl sites for hydroxylation is 1. The van der Waals surface area contributed by atoms with Crippen molar-refractivity contribution in [2.45, 2.75) is 57.8 Å². The van der Waals surface area contributed by atoms with E-state index in [0.717, 1.165) is 17.7 Å². The van der Waals surface area contributed by atoms with Crippen molar-refractivity contribution in [3.8, 4) is 6.07 Å². The predicted octanol–water partition coefficient (Wildman–Crippen LogP) is 4.94. The fourth-order valence-electron chi connectivity index (χ4n) is 4.28. The number of nitrogens with zero attached hydrogens (tertiary/aromatic N) is 2. The number of alkyl halides is 1. The topological polar surface area (TPSA) is 64.3 Å². The average molecular weight is 430 g/mol. The number of hydrogen-bond acceptors (Lipinski definition) is 3. The molecule has 0 spiro atoms. The first-order valence-electron chi connectivity index (χ1n) is 10.2. The Labute approximate surface area is 179 Å². The Morgan fingerprint density at radius 3 is 2.45 bits per heavy atom. The number of nitriles is 1. The second-order valence-corrected chi connectivity index (χ2v) is 8.74. The van der Waals surface area contributed by atoms with Gasteiger partial charge in [-0.1, -0.05) is 6.07 Å². The maximum absolute atomic E-state index is 15.2. The molecule has 0 amide bonds. The Kier molecular flexibility index (Phi) is 6.42. The molecule has 7 heteroatoms. The molecule has 0 bridgehead atoms. The monoisotopic (exact) mass is 430 g/mol. The second-order valence-electron chi connectivity index (χ2n) is 8.74. The van der Waals surface area contributed by atoms with Crippen LogP contribution in [0.5, 0.6) is 0 Å². The average Bonchev–Trinajstić information content (AvgIpc) is 2.66. The van der Waals surface area contributed by atoms with Gasteiger partial charge in [0, 0.05) is 24.6 Å². The molecule has 0 aliphatic carbocycles. The zero-order valence-corrected chi connectivity index (χ0v) is 17.8. The molecule has 1 heterocycles. The highest BCUT2D eigenvalue weighted by atomic mass is 19.1. The van der Waals surface area contributed by atoms with Gasteiger partial charge in [-0.3, -0.25) is 9.69 Å².